The summed E-state index contributed by atoms with van der Waals surface area (Å²) in [6.07, 6.45) is 0.630. The van der Waals surface area contributed by atoms with E-state index in [-0.39, 0.29) is 18.3 Å². The lowest BCUT2D eigenvalue weighted by Gasteiger charge is -2.16. The molecule has 0 radical (unpaired) electrons. The van der Waals surface area contributed by atoms with Crippen LogP contribution in [0.2, 0.25) is 0 Å². The number of hydrogen-bond acceptors (Lipinski definition) is 4. The van der Waals surface area contributed by atoms with Gasteiger partial charge < -0.3 is 14.8 Å². The minimum absolute atomic E-state index is 0.0787. The fourth-order valence-corrected chi connectivity index (χ4v) is 2.96. The summed E-state index contributed by atoms with van der Waals surface area (Å²) in [6.45, 7) is 3.96. The summed E-state index contributed by atoms with van der Waals surface area (Å²) in [4.78, 5) is 11.8. The van der Waals surface area contributed by atoms with Crippen LogP contribution in [0.25, 0.3) is 11.0 Å². The Bertz CT molecular complexity index is 1010. The molecule has 0 aliphatic rings. The highest BCUT2D eigenvalue weighted by molar-refractivity contribution is 5.82. The number of fused-ring (bicyclic) bond motifs is 1. The van der Waals surface area contributed by atoms with Crippen LogP contribution in [0.4, 0.5) is 8.78 Å². The Morgan fingerprint density at radius 2 is 1.92 bits per heavy atom. The first kappa shape index (κ1) is 18.1. The number of aryl methyl sites for hydroxylation is 1. The van der Waals surface area contributed by atoms with E-state index in [1.807, 2.05) is 6.92 Å². The van der Waals surface area contributed by atoms with Crippen molar-refractivity contribution < 1.29 is 18.3 Å². The topological polar surface area (TPSA) is 62.5 Å². The normalized spacial score (nSPS) is 12.5. The van der Waals surface area contributed by atoms with Crippen molar-refractivity contribution in [3.63, 3.8) is 0 Å². The van der Waals surface area contributed by atoms with E-state index in [1.165, 1.54) is 24.3 Å². The van der Waals surface area contributed by atoms with E-state index in [9.17, 15) is 18.7 Å². The Morgan fingerprint density at radius 1 is 1.15 bits per heavy atom. The average Bonchev–Trinajstić information content (AvgIpc) is 2.58. The van der Waals surface area contributed by atoms with Crippen molar-refractivity contribution >= 4 is 11.0 Å². The summed E-state index contributed by atoms with van der Waals surface area (Å²) in [7, 11) is 0. The van der Waals surface area contributed by atoms with Gasteiger partial charge in [0.05, 0.1) is 0 Å². The molecule has 2 N–H and O–H groups in total. The molecule has 136 valence electrons. The minimum Gasteiger partial charge on any atom is -0.508 e. The fraction of sp³-hybridized carbons (Fsp3) is 0.250. The largest absolute Gasteiger partial charge is 0.508 e. The summed E-state index contributed by atoms with van der Waals surface area (Å²) in [5, 5.41) is 13.8. The Labute approximate surface area is 149 Å². The summed E-state index contributed by atoms with van der Waals surface area (Å²) in [6, 6.07) is 7.65. The maximum atomic E-state index is 13.9. The lowest BCUT2D eigenvalue weighted by Crippen LogP contribution is -2.20. The molecule has 3 rings (SSSR count). The minimum atomic E-state index is -0.628. The second-order valence-corrected chi connectivity index (χ2v) is 6.19. The summed E-state index contributed by atoms with van der Waals surface area (Å²) < 4.78 is 32.1. The molecule has 0 unspecified atom stereocenters. The van der Waals surface area contributed by atoms with E-state index in [2.05, 4.69) is 5.32 Å². The van der Waals surface area contributed by atoms with Crippen LogP contribution in [0.5, 0.6) is 5.75 Å². The van der Waals surface area contributed by atoms with Gasteiger partial charge in [0.2, 0.25) is 0 Å². The van der Waals surface area contributed by atoms with Gasteiger partial charge in [0.15, 0.2) is 0 Å². The molecule has 0 aliphatic carbocycles. The van der Waals surface area contributed by atoms with Gasteiger partial charge in [0.25, 0.3) is 0 Å². The van der Waals surface area contributed by atoms with Crippen molar-refractivity contribution in [3.8, 4) is 5.75 Å². The Balaban J connectivity index is 1.91. The van der Waals surface area contributed by atoms with Crippen LogP contribution in [0.1, 0.15) is 36.6 Å². The Morgan fingerprint density at radius 3 is 2.62 bits per heavy atom. The van der Waals surface area contributed by atoms with Crippen molar-refractivity contribution in [1.29, 1.82) is 0 Å². The van der Waals surface area contributed by atoms with Gasteiger partial charge in [-0.15, -0.1) is 0 Å². The molecule has 1 heterocycles. The number of benzene rings is 2. The number of phenolic OH excluding ortho intramolecular Hbond substituents is 1. The van der Waals surface area contributed by atoms with Gasteiger partial charge >= 0.3 is 5.63 Å². The lowest BCUT2D eigenvalue weighted by molar-refractivity contribution is 0.466. The first-order valence-electron chi connectivity index (χ1n) is 8.36. The van der Waals surface area contributed by atoms with Crippen LogP contribution < -0.4 is 10.9 Å². The van der Waals surface area contributed by atoms with Crippen LogP contribution in [0.3, 0.4) is 0 Å². The van der Waals surface area contributed by atoms with E-state index in [0.29, 0.717) is 28.5 Å². The molecule has 26 heavy (non-hydrogen) atoms. The molecule has 0 bridgehead atoms. The quantitative estimate of drug-likeness (QED) is 0.671. The standard InChI is InChI=1S/C20H19F2NO3/c1-3-12-6-16-13(7-20(25)26-19(16)9-18(12)24)10-23-11(2)15-5-4-14(21)8-17(15)22/h4-9,11,23-24H,3,10H2,1-2H3/t11-/m0/s1. The van der Waals surface area contributed by atoms with Gasteiger partial charge in [0, 0.05) is 41.7 Å². The van der Waals surface area contributed by atoms with Gasteiger partial charge in [-0.2, -0.15) is 0 Å². The van der Waals surface area contributed by atoms with E-state index in [0.717, 1.165) is 11.6 Å². The van der Waals surface area contributed by atoms with Crippen molar-refractivity contribution in [3.05, 3.63) is 75.1 Å². The number of hydrogen-bond donors (Lipinski definition) is 2. The van der Waals surface area contributed by atoms with Crippen molar-refractivity contribution in [1.82, 2.24) is 5.32 Å². The second-order valence-electron chi connectivity index (χ2n) is 6.19. The molecular formula is C20H19F2NO3. The molecule has 6 heteroatoms. The van der Waals surface area contributed by atoms with E-state index < -0.39 is 17.3 Å². The first-order chi connectivity index (χ1) is 12.4. The molecule has 0 saturated heterocycles. The van der Waals surface area contributed by atoms with Crippen molar-refractivity contribution in [2.75, 3.05) is 0 Å². The third-order valence-corrected chi connectivity index (χ3v) is 4.44. The van der Waals surface area contributed by atoms with Gasteiger partial charge in [-0.3, -0.25) is 0 Å². The van der Waals surface area contributed by atoms with Gasteiger partial charge in [-0.05, 0) is 36.6 Å². The molecule has 2 aromatic carbocycles. The molecule has 3 aromatic rings. The number of nitrogens with one attached hydrogen (secondary N) is 1. The number of phenols is 1. The smallest absolute Gasteiger partial charge is 0.336 e. The number of rotatable bonds is 5. The van der Waals surface area contributed by atoms with Crippen LogP contribution in [-0.2, 0) is 13.0 Å². The highest BCUT2D eigenvalue weighted by Crippen LogP contribution is 2.27. The molecular weight excluding hydrogens is 340 g/mol. The summed E-state index contributed by atoms with van der Waals surface area (Å²) >= 11 is 0. The zero-order valence-electron chi connectivity index (χ0n) is 14.5. The Hall–Kier alpha value is -2.73. The van der Waals surface area contributed by atoms with Crippen LogP contribution >= 0.6 is 0 Å². The SMILES string of the molecule is CCc1cc2c(CN[C@@H](C)c3ccc(F)cc3F)cc(=O)oc2cc1O. The van der Waals surface area contributed by atoms with Crippen molar-refractivity contribution in [2.24, 2.45) is 0 Å². The van der Waals surface area contributed by atoms with E-state index in [4.69, 9.17) is 4.42 Å². The molecule has 0 amide bonds. The van der Waals surface area contributed by atoms with Crippen LogP contribution in [0.15, 0.2) is 45.6 Å². The lowest BCUT2D eigenvalue weighted by atomic mass is 10.0. The molecule has 0 spiro atoms. The van der Waals surface area contributed by atoms with Crippen LogP contribution in [-0.4, -0.2) is 5.11 Å². The van der Waals surface area contributed by atoms with Gasteiger partial charge in [0.1, 0.15) is 23.0 Å². The van der Waals surface area contributed by atoms with Gasteiger partial charge in [-0.25, -0.2) is 13.6 Å². The first-order valence-corrected chi connectivity index (χ1v) is 8.36. The van der Waals surface area contributed by atoms with Crippen LogP contribution in [0, 0.1) is 11.6 Å². The zero-order chi connectivity index (χ0) is 18.8. The summed E-state index contributed by atoms with van der Waals surface area (Å²) in [5.41, 5.74) is 1.53. The molecule has 1 atom stereocenters. The monoisotopic (exact) mass is 359 g/mol. The predicted octanol–water partition coefficient (Wildman–Crippen LogP) is 4.19. The van der Waals surface area contributed by atoms with Crippen molar-refractivity contribution in [2.45, 2.75) is 32.9 Å². The van der Waals surface area contributed by atoms with Gasteiger partial charge in [-0.1, -0.05) is 13.0 Å². The fourth-order valence-electron chi connectivity index (χ4n) is 2.96. The number of aromatic hydroxyl groups is 1. The average molecular weight is 359 g/mol. The molecule has 0 aliphatic heterocycles. The molecule has 0 fully saturated rings. The zero-order valence-corrected chi connectivity index (χ0v) is 14.5. The van der Waals surface area contributed by atoms with E-state index >= 15 is 0 Å². The summed E-state index contributed by atoms with van der Waals surface area (Å²) in [5.74, 6) is -1.17. The highest BCUT2D eigenvalue weighted by Gasteiger charge is 2.14. The third kappa shape index (κ3) is 3.60. The number of halogens is 2. The maximum absolute atomic E-state index is 13.9. The third-order valence-electron chi connectivity index (χ3n) is 4.44. The molecule has 1 aromatic heterocycles. The maximum Gasteiger partial charge on any atom is 0.336 e. The van der Waals surface area contributed by atoms with E-state index in [1.54, 1.807) is 13.0 Å². The molecule has 0 saturated carbocycles. The predicted molar refractivity (Wildman–Crippen MR) is 95.1 cm³/mol. The Kier molecular flexibility index (Phi) is 5.04. The second kappa shape index (κ2) is 7.25. The molecule has 4 nitrogen and oxygen atoms in total. The highest BCUT2D eigenvalue weighted by atomic mass is 19.1.